The molecule has 9 heteroatoms. The van der Waals surface area contributed by atoms with Crippen LogP contribution in [0.4, 0.5) is 5.69 Å². The van der Waals surface area contributed by atoms with E-state index in [2.05, 4.69) is 10.1 Å². The van der Waals surface area contributed by atoms with Crippen LogP contribution in [0.5, 0.6) is 5.75 Å². The topological polar surface area (TPSA) is 102 Å². The van der Waals surface area contributed by atoms with E-state index in [0.717, 1.165) is 0 Å². The number of carbonyl (C=O) groups excluding carboxylic acids is 2. The molecule has 0 bridgehead atoms. The van der Waals surface area contributed by atoms with Gasteiger partial charge in [-0.25, -0.2) is 13.2 Å². The van der Waals surface area contributed by atoms with Gasteiger partial charge in [0.2, 0.25) is 10.0 Å². The number of amides is 1. The Balaban J connectivity index is 2.35. The van der Waals surface area contributed by atoms with Gasteiger partial charge in [0.1, 0.15) is 5.75 Å². The minimum atomic E-state index is -3.73. The number of methoxy groups -OCH3 is 2. The third-order valence-electron chi connectivity index (χ3n) is 4.32. The summed E-state index contributed by atoms with van der Waals surface area (Å²) in [5, 5.41) is 2.67. The van der Waals surface area contributed by atoms with Crippen LogP contribution in [0.1, 0.15) is 34.6 Å². The summed E-state index contributed by atoms with van der Waals surface area (Å²) in [6.45, 7) is 4.13. The molecule has 0 fully saturated rings. The van der Waals surface area contributed by atoms with Gasteiger partial charge in [-0.05, 0) is 42.5 Å². The minimum Gasteiger partial charge on any atom is -0.496 e. The summed E-state index contributed by atoms with van der Waals surface area (Å²) in [6, 6.07) is 10.3. The molecule has 29 heavy (non-hydrogen) atoms. The number of carbonyl (C=O) groups is 2. The second kappa shape index (κ2) is 9.53. The minimum absolute atomic E-state index is 0.00758. The highest BCUT2D eigenvalue weighted by Crippen LogP contribution is 2.25. The molecule has 0 radical (unpaired) electrons. The Kier molecular flexibility index (Phi) is 7.35. The normalized spacial score (nSPS) is 11.2. The highest BCUT2D eigenvalue weighted by molar-refractivity contribution is 7.89. The quantitative estimate of drug-likeness (QED) is 0.659. The van der Waals surface area contributed by atoms with E-state index >= 15 is 0 Å². The number of anilines is 1. The molecule has 8 nitrogen and oxygen atoms in total. The fraction of sp³-hybridized carbons (Fsp3) is 0.300. The van der Waals surface area contributed by atoms with Gasteiger partial charge in [0, 0.05) is 18.8 Å². The second-order valence-electron chi connectivity index (χ2n) is 5.97. The van der Waals surface area contributed by atoms with Crippen molar-refractivity contribution >= 4 is 27.6 Å². The van der Waals surface area contributed by atoms with E-state index in [4.69, 9.17) is 4.74 Å². The zero-order valence-electron chi connectivity index (χ0n) is 16.8. The standard InChI is InChI=1S/C20H24N2O6S/c1-5-22(6-2)29(25,26)16-11-12-18(27-3)17(13-16)19(23)21-15-9-7-14(8-10-15)20(24)28-4/h7-13H,5-6H2,1-4H3,(H,21,23). The third kappa shape index (κ3) is 4.93. The maximum Gasteiger partial charge on any atom is 0.337 e. The molecule has 2 aromatic carbocycles. The molecule has 1 N–H and O–H groups in total. The first-order chi connectivity index (χ1) is 13.8. The Labute approximate surface area is 170 Å². The SMILES string of the molecule is CCN(CC)S(=O)(=O)c1ccc(OC)c(C(=O)Nc2ccc(C(=O)OC)cc2)c1. The number of hydrogen-bond acceptors (Lipinski definition) is 6. The lowest BCUT2D eigenvalue weighted by Crippen LogP contribution is -2.30. The monoisotopic (exact) mass is 420 g/mol. The van der Waals surface area contributed by atoms with Gasteiger partial charge in [-0.3, -0.25) is 4.79 Å². The molecule has 0 heterocycles. The number of hydrogen-bond donors (Lipinski definition) is 1. The van der Waals surface area contributed by atoms with E-state index in [9.17, 15) is 18.0 Å². The first-order valence-electron chi connectivity index (χ1n) is 8.96. The molecular formula is C20H24N2O6S. The van der Waals surface area contributed by atoms with Crippen LogP contribution in [0.3, 0.4) is 0 Å². The number of rotatable bonds is 8. The fourth-order valence-electron chi connectivity index (χ4n) is 2.74. The number of esters is 1. The zero-order valence-corrected chi connectivity index (χ0v) is 17.6. The van der Waals surface area contributed by atoms with E-state index < -0.39 is 21.9 Å². The van der Waals surface area contributed by atoms with Crippen molar-refractivity contribution in [2.24, 2.45) is 0 Å². The van der Waals surface area contributed by atoms with E-state index in [0.29, 0.717) is 24.3 Å². The average Bonchev–Trinajstić information content (AvgIpc) is 2.73. The fourth-order valence-corrected chi connectivity index (χ4v) is 4.23. The molecule has 0 saturated heterocycles. The number of sulfonamides is 1. The Morgan fingerprint density at radius 1 is 1.00 bits per heavy atom. The summed E-state index contributed by atoms with van der Waals surface area (Å²) in [5.41, 5.74) is 0.856. The summed E-state index contributed by atoms with van der Waals surface area (Å²) < 4.78 is 36.7. The number of nitrogens with one attached hydrogen (secondary N) is 1. The molecule has 1 amide bonds. The zero-order chi connectivity index (χ0) is 21.6. The molecular weight excluding hydrogens is 396 g/mol. The molecule has 0 aliphatic heterocycles. The highest BCUT2D eigenvalue weighted by Gasteiger charge is 2.24. The summed E-state index contributed by atoms with van der Waals surface area (Å²) >= 11 is 0. The molecule has 0 aliphatic carbocycles. The van der Waals surface area contributed by atoms with E-state index in [1.54, 1.807) is 26.0 Å². The lowest BCUT2D eigenvalue weighted by Gasteiger charge is -2.19. The maximum atomic E-state index is 12.8. The number of benzene rings is 2. The molecule has 0 aromatic heterocycles. The summed E-state index contributed by atoms with van der Waals surface area (Å²) in [7, 11) is -1.05. The lowest BCUT2D eigenvalue weighted by atomic mass is 10.1. The van der Waals surface area contributed by atoms with Gasteiger partial charge < -0.3 is 14.8 Å². The third-order valence-corrected chi connectivity index (χ3v) is 6.37. The van der Waals surface area contributed by atoms with E-state index in [-0.39, 0.29) is 16.2 Å². The number of ether oxygens (including phenoxy) is 2. The summed E-state index contributed by atoms with van der Waals surface area (Å²) in [5.74, 6) is -0.782. The first-order valence-corrected chi connectivity index (χ1v) is 10.4. The largest absolute Gasteiger partial charge is 0.496 e. The average molecular weight is 420 g/mol. The predicted molar refractivity (Wildman–Crippen MR) is 109 cm³/mol. The molecule has 2 rings (SSSR count). The van der Waals surface area contributed by atoms with E-state index in [1.165, 1.54) is 48.9 Å². The molecule has 2 aromatic rings. The van der Waals surface area contributed by atoms with Crippen molar-refractivity contribution in [1.82, 2.24) is 4.31 Å². The molecule has 0 aliphatic rings. The second-order valence-corrected chi connectivity index (χ2v) is 7.91. The van der Waals surface area contributed by atoms with Gasteiger partial charge in [0.25, 0.3) is 5.91 Å². The maximum absolute atomic E-state index is 12.8. The van der Waals surface area contributed by atoms with Crippen LogP contribution < -0.4 is 10.1 Å². The predicted octanol–water partition coefficient (Wildman–Crippen LogP) is 2.76. The summed E-state index contributed by atoms with van der Waals surface area (Å²) in [6.07, 6.45) is 0. The van der Waals surface area contributed by atoms with Crippen molar-refractivity contribution in [3.8, 4) is 5.75 Å². The smallest absolute Gasteiger partial charge is 0.337 e. The molecule has 0 saturated carbocycles. The number of nitrogens with zero attached hydrogens (tertiary/aromatic N) is 1. The Bertz CT molecular complexity index is 983. The van der Waals surface area contributed by atoms with Gasteiger partial charge in [0.15, 0.2) is 0 Å². The van der Waals surface area contributed by atoms with Crippen LogP contribution in [-0.2, 0) is 14.8 Å². The van der Waals surface area contributed by atoms with Crippen LogP contribution in [0.15, 0.2) is 47.4 Å². The van der Waals surface area contributed by atoms with Crippen molar-refractivity contribution < 1.29 is 27.5 Å². The van der Waals surface area contributed by atoms with Crippen LogP contribution >= 0.6 is 0 Å². The van der Waals surface area contributed by atoms with E-state index in [1.807, 2.05) is 0 Å². The van der Waals surface area contributed by atoms with Gasteiger partial charge in [-0.15, -0.1) is 0 Å². The van der Waals surface area contributed by atoms with Gasteiger partial charge in [-0.1, -0.05) is 13.8 Å². The Morgan fingerprint density at radius 3 is 2.14 bits per heavy atom. The van der Waals surface area contributed by atoms with Crippen LogP contribution in [0, 0.1) is 0 Å². The molecule has 0 unspecified atom stereocenters. The van der Waals surface area contributed by atoms with Crippen LogP contribution in [0.2, 0.25) is 0 Å². The van der Waals surface area contributed by atoms with Crippen molar-refractivity contribution in [3.63, 3.8) is 0 Å². The Hall–Kier alpha value is -2.91. The molecule has 156 valence electrons. The van der Waals surface area contributed by atoms with Gasteiger partial charge in [-0.2, -0.15) is 4.31 Å². The van der Waals surface area contributed by atoms with Crippen LogP contribution in [0.25, 0.3) is 0 Å². The van der Waals surface area contributed by atoms with Gasteiger partial charge in [0.05, 0.1) is 30.2 Å². The lowest BCUT2D eigenvalue weighted by molar-refractivity contribution is 0.0600. The molecule has 0 spiro atoms. The Morgan fingerprint density at radius 2 is 1.62 bits per heavy atom. The molecule has 0 atom stereocenters. The van der Waals surface area contributed by atoms with Gasteiger partial charge >= 0.3 is 5.97 Å². The van der Waals surface area contributed by atoms with Crippen molar-refractivity contribution in [2.45, 2.75) is 18.7 Å². The summed E-state index contributed by atoms with van der Waals surface area (Å²) in [4.78, 5) is 24.3. The van der Waals surface area contributed by atoms with Crippen molar-refractivity contribution in [3.05, 3.63) is 53.6 Å². The van der Waals surface area contributed by atoms with Crippen molar-refractivity contribution in [1.29, 1.82) is 0 Å². The van der Waals surface area contributed by atoms with Crippen LogP contribution in [-0.4, -0.2) is 51.9 Å². The highest BCUT2D eigenvalue weighted by atomic mass is 32.2. The van der Waals surface area contributed by atoms with Crippen molar-refractivity contribution in [2.75, 3.05) is 32.6 Å². The first kappa shape index (κ1) is 22.4.